The van der Waals surface area contributed by atoms with Crippen LogP contribution in [0.3, 0.4) is 0 Å². The van der Waals surface area contributed by atoms with Crippen LogP contribution in [0.4, 0.5) is 13.2 Å². The molecule has 0 bridgehead atoms. The summed E-state index contributed by atoms with van der Waals surface area (Å²) in [7, 11) is 1.35. The van der Waals surface area contributed by atoms with E-state index in [9.17, 15) is 27.6 Å². The molecule has 11 heteroatoms. The van der Waals surface area contributed by atoms with Crippen molar-refractivity contribution in [2.24, 2.45) is 5.92 Å². The fourth-order valence-corrected chi connectivity index (χ4v) is 4.13. The van der Waals surface area contributed by atoms with Crippen LogP contribution in [-0.2, 0) is 28.6 Å². The number of nitrogens with zero attached hydrogens (tertiary/aromatic N) is 2. The molecule has 1 amide bonds. The van der Waals surface area contributed by atoms with Crippen molar-refractivity contribution >= 4 is 17.8 Å². The third-order valence-electron chi connectivity index (χ3n) is 5.60. The normalized spacial score (nSPS) is 24.8. The number of likely N-dealkylation sites (tertiary alicyclic amines) is 1. The van der Waals surface area contributed by atoms with Crippen LogP contribution in [0.25, 0.3) is 0 Å². The summed E-state index contributed by atoms with van der Waals surface area (Å²) in [6.45, 7) is 4.50. The Bertz CT molecular complexity index is 671. The zero-order chi connectivity index (χ0) is 24.1. The average molecular weight is 466 g/mol. The molecule has 1 atom stereocenters. The van der Waals surface area contributed by atoms with Gasteiger partial charge >= 0.3 is 24.0 Å². The first-order valence-corrected chi connectivity index (χ1v) is 10.8. The Balaban J connectivity index is 2.00. The molecule has 8 nitrogen and oxygen atoms in total. The van der Waals surface area contributed by atoms with E-state index in [1.54, 1.807) is 25.7 Å². The molecular formula is C21H33F3N2O6. The standard InChI is InChI=1S/C21H33F3N2O6/c1-20(2,3)32-17(27)12-26(19(29)21(22,23)24)16-6-5-11-25(16)13-31-15-9-7-14(8-10-15)18(28)30-4/h14-16H,5-13H2,1-4H3. The fraction of sp³-hybridized carbons (Fsp3) is 0.857. The van der Waals surface area contributed by atoms with Gasteiger partial charge in [-0.1, -0.05) is 0 Å². The first kappa shape index (κ1) is 26.4. The lowest BCUT2D eigenvalue weighted by Gasteiger charge is -2.36. The minimum atomic E-state index is -5.11. The number of hydrogen-bond donors (Lipinski definition) is 0. The summed E-state index contributed by atoms with van der Waals surface area (Å²) in [5.41, 5.74) is -0.883. The van der Waals surface area contributed by atoms with Gasteiger partial charge in [-0.3, -0.25) is 19.3 Å². The molecule has 2 fully saturated rings. The van der Waals surface area contributed by atoms with Gasteiger partial charge in [0, 0.05) is 6.54 Å². The predicted octanol–water partition coefficient (Wildman–Crippen LogP) is 2.85. The lowest BCUT2D eigenvalue weighted by Crippen LogP contribution is -2.55. The minimum Gasteiger partial charge on any atom is -0.469 e. The first-order chi connectivity index (χ1) is 14.8. The largest absolute Gasteiger partial charge is 0.471 e. The Morgan fingerprint density at radius 2 is 1.66 bits per heavy atom. The molecule has 2 rings (SSSR count). The van der Waals surface area contributed by atoms with Gasteiger partial charge in [-0.05, 0) is 59.3 Å². The predicted molar refractivity (Wildman–Crippen MR) is 107 cm³/mol. The van der Waals surface area contributed by atoms with Crippen molar-refractivity contribution in [2.75, 3.05) is 26.9 Å². The van der Waals surface area contributed by atoms with Crippen LogP contribution in [0.1, 0.15) is 59.3 Å². The monoisotopic (exact) mass is 466 g/mol. The molecule has 0 spiro atoms. The summed E-state index contributed by atoms with van der Waals surface area (Å²) in [5, 5.41) is 0. The first-order valence-electron chi connectivity index (χ1n) is 10.8. The second-order valence-electron chi connectivity index (χ2n) is 9.25. The second kappa shape index (κ2) is 10.8. The smallest absolute Gasteiger partial charge is 0.469 e. The third-order valence-corrected chi connectivity index (χ3v) is 5.60. The number of hydrogen-bond acceptors (Lipinski definition) is 7. The average Bonchev–Trinajstić information content (AvgIpc) is 3.16. The van der Waals surface area contributed by atoms with Crippen LogP contribution in [0, 0.1) is 5.92 Å². The van der Waals surface area contributed by atoms with Gasteiger partial charge in [-0.25, -0.2) is 0 Å². The van der Waals surface area contributed by atoms with Gasteiger partial charge in [0.1, 0.15) is 18.9 Å². The highest BCUT2D eigenvalue weighted by molar-refractivity contribution is 5.86. The van der Waals surface area contributed by atoms with E-state index >= 15 is 0 Å². The van der Waals surface area contributed by atoms with Crippen molar-refractivity contribution in [3.05, 3.63) is 0 Å². The van der Waals surface area contributed by atoms with E-state index in [-0.39, 0.29) is 24.7 Å². The van der Waals surface area contributed by atoms with Crippen LogP contribution >= 0.6 is 0 Å². The van der Waals surface area contributed by atoms with Gasteiger partial charge in [0.15, 0.2) is 0 Å². The Kier molecular flexibility index (Phi) is 8.92. The maximum Gasteiger partial charge on any atom is 0.471 e. The number of carbonyl (C=O) groups excluding carboxylic acids is 3. The van der Waals surface area contributed by atoms with E-state index in [0.29, 0.717) is 50.0 Å². The maximum absolute atomic E-state index is 13.2. The summed E-state index contributed by atoms with van der Waals surface area (Å²) in [6, 6.07) is 0. The van der Waals surface area contributed by atoms with Crippen LogP contribution in [0.5, 0.6) is 0 Å². The fourth-order valence-electron chi connectivity index (χ4n) is 4.13. The molecule has 1 saturated heterocycles. The lowest BCUT2D eigenvalue weighted by molar-refractivity contribution is -0.195. The highest BCUT2D eigenvalue weighted by Crippen LogP contribution is 2.30. The molecule has 0 N–H and O–H groups in total. The lowest BCUT2D eigenvalue weighted by atomic mass is 9.87. The molecule has 1 aliphatic heterocycles. The molecule has 0 aromatic rings. The van der Waals surface area contributed by atoms with Crippen molar-refractivity contribution in [3.63, 3.8) is 0 Å². The molecule has 1 aliphatic carbocycles. The van der Waals surface area contributed by atoms with Crippen LogP contribution in [-0.4, -0.2) is 78.6 Å². The van der Waals surface area contributed by atoms with Crippen molar-refractivity contribution in [2.45, 2.75) is 83.3 Å². The summed E-state index contributed by atoms with van der Waals surface area (Å²) >= 11 is 0. The molecule has 0 aromatic carbocycles. The van der Waals surface area contributed by atoms with E-state index in [4.69, 9.17) is 14.2 Å². The van der Waals surface area contributed by atoms with Gasteiger partial charge in [0.2, 0.25) is 0 Å². The molecule has 1 saturated carbocycles. The van der Waals surface area contributed by atoms with E-state index < -0.39 is 36.4 Å². The highest BCUT2D eigenvalue weighted by atomic mass is 19.4. The Labute approximate surface area is 186 Å². The third kappa shape index (κ3) is 7.61. The van der Waals surface area contributed by atoms with E-state index in [2.05, 4.69) is 0 Å². The van der Waals surface area contributed by atoms with Gasteiger partial charge in [0.25, 0.3) is 0 Å². The number of alkyl halides is 3. The number of amides is 1. The number of halogens is 3. The van der Waals surface area contributed by atoms with Crippen molar-refractivity contribution < 1.29 is 41.8 Å². The van der Waals surface area contributed by atoms with Crippen LogP contribution in [0.15, 0.2) is 0 Å². The summed E-state index contributed by atoms with van der Waals surface area (Å²) in [4.78, 5) is 38.1. The second-order valence-corrected chi connectivity index (χ2v) is 9.25. The Hall–Kier alpha value is -1.88. The zero-order valence-corrected chi connectivity index (χ0v) is 19.1. The van der Waals surface area contributed by atoms with Gasteiger partial charge in [-0.15, -0.1) is 0 Å². The molecule has 0 radical (unpaired) electrons. The molecule has 0 aromatic heterocycles. The van der Waals surface area contributed by atoms with Crippen molar-refractivity contribution in [1.82, 2.24) is 9.80 Å². The highest BCUT2D eigenvalue weighted by Gasteiger charge is 2.47. The van der Waals surface area contributed by atoms with Gasteiger partial charge in [-0.2, -0.15) is 13.2 Å². The van der Waals surface area contributed by atoms with Gasteiger partial charge < -0.3 is 19.1 Å². The SMILES string of the molecule is COC(=O)C1CCC(OCN2CCCC2N(CC(=O)OC(C)(C)C)C(=O)C(F)(F)F)CC1. The molecule has 1 unspecified atom stereocenters. The van der Waals surface area contributed by atoms with Crippen LogP contribution in [0.2, 0.25) is 0 Å². The number of methoxy groups -OCH3 is 1. The molecular weight excluding hydrogens is 433 g/mol. The van der Waals surface area contributed by atoms with E-state index in [0.717, 1.165) is 0 Å². The van der Waals surface area contributed by atoms with Crippen molar-refractivity contribution in [1.29, 1.82) is 0 Å². The van der Waals surface area contributed by atoms with Crippen molar-refractivity contribution in [3.8, 4) is 0 Å². The number of rotatable bonds is 7. The topological polar surface area (TPSA) is 85.4 Å². The minimum absolute atomic E-state index is 0.0359. The van der Waals surface area contributed by atoms with Crippen LogP contribution < -0.4 is 0 Å². The summed E-state index contributed by atoms with van der Waals surface area (Å²) in [5.74, 6) is -3.37. The molecule has 184 valence electrons. The quantitative estimate of drug-likeness (QED) is 0.534. The van der Waals surface area contributed by atoms with E-state index in [1.165, 1.54) is 7.11 Å². The number of carbonyl (C=O) groups is 3. The maximum atomic E-state index is 13.2. The molecule has 32 heavy (non-hydrogen) atoms. The Morgan fingerprint density at radius 1 is 1.03 bits per heavy atom. The Morgan fingerprint density at radius 3 is 2.19 bits per heavy atom. The summed E-state index contributed by atoms with van der Waals surface area (Å²) in [6.07, 6.45) is -2.76. The number of ether oxygens (including phenoxy) is 3. The number of esters is 2. The molecule has 2 aliphatic rings. The molecule has 1 heterocycles. The van der Waals surface area contributed by atoms with E-state index in [1.807, 2.05) is 0 Å². The zero-order valence-electron chi connectivity index (χ0n) is 19.1. The summed E-state index contributed by atoms with van der Waals surface area (Å²) < 4.78 is 55.5. The van der Waals surface area contributed by atoms with Gasteiger partial charge in [0.05, 0.1) is 25.3 Å².